The van der Waals surface area contributed by atoms with Crippen molar-refractivity contribution in [2.24, 2.45) is 0 Å². The van der Waals surface area contributed by atoms with Crippen LogP contribution in [-0.4, -0.2) is 26.6 Å². The summed E-state index contributed by atoms with van der Waals surface area (Å²) >= 11 is 0. The summed E-state index contributed by atoms with van der Waals surface area (Å²) in [5.74, 6) is 3.08. The molecule has 0 spiro atoms. The Hall–Kier alpha value is -3.61. The fourth-order valence-corrected chi connectivity index (χ4v) is 2.86. The van der Waals surface area contributed by atoms with Crippen molar-refractivity contribution in [2.45, 2.75) is 6.92 Å². The van der Waals surface area contributed by atoms with Gasteiger partial charge in [-0.15, -0.1) is 0 Å². The quantitative estimate of drug-likeness (QED) is 0.588. The second-order valence-corrected chi connectivity index (χ2v) is 5.81. The molecule has 3 N–H and O–H groups in total. The number of nitrogen functional groups attached to an aromatic ring is 1. The average molecular weight is 346 g/mol. The van der Waals surface area contributed by atoms with E-state index in [4.69, 9.17) is 10.5 Å². The van der Waals surface area contributed by atoms with Crippen LogP contribution in [-0.2, 0) is 0 Å². The third-order valence-electron chi connectivity index (χ3n) is 4.04. The van der Waals surface area contributed by atoms with E-state index in [2.05, 4.69) is 20.3 Å². The Kier molecular flexibility index (Phi) is 3.89. The van der Waals surface area contributed by atoms with Gasteiger partial charge >= 0.3 is 0 Å². The van der Waals surface area contributed by atoms with Crippen molar-refractivity contribution in [1.82, 2.24) is 19.5 Å². The molecule has 0 saturated heterocycles. The minimum atomic E-state index is 0.378. The molecule has 0 radical (unpaired) electrons. The zero-order chi connectivity index (χ0) is 18.1. The molecule has 0 aliphatic heterocycles. The molecule has 0 bridgehead atoms. The van der Waals surface area contributed by atoms with E-state index in [1.807, 2.05) is 60.0 Å². The lowest BCUT2D eigenvalue weighted by molar-refractivity contribution is 0.415. The van der Waals surface area contributed by atoms with Crippen LogP contribution in [0.1, 0.15) is 5.82 Å². The number of methoxy groups -OCH3 is 1. The lowest BCUT2D eigenvalue weighted by Crippen LogP contribution is -2.06. The van der Waals surface area contributed by atoms with Crippen LogP contribution in [0.25, 0.3) is 16.9 Å². The summed E-state index contributed by atoms with van der Waals surface area (Å²) in [6.45, 7) is 1.94. The second kappa shape index (κ2) is 6.36. The van der Waals surface area contributed by atoms with Crippen LogP contribution in [0.3, 0.4) is 0 Å². The summed E-state index contributed by atoms with van der Waals surface area (Å²) in [6.07, 6.45) is 0. The van der Waals surface area contributed by atoms with Crippen LogP contribution in [0.2, 0.25) is 0 Å². The van der Waals surface area contributed by atoms with Gasteiger partial charge in [-0.05, 0) is 43.3 Å². The number of aromatic nitrogens is 4. The molecule has 0 atom stereocenters. The van der Waals surface area contributed by atoms with E-state index >= 15 is 0 Å². The summed E-state index contributed by atoms with van der Waals surface area (Å²) in [5.41, 5.74) is 8.74. The Morgan fingerprint density at radius 2 is 1.77 bits per heavy atom. The van der Waals surface area contributed by atoms with Crippen LogP contribution in [0.5, 0.6) is 5.75 Å². The van der Waals surface area contributed by atoms with Gasteiger partial charge in [0.1, 0.15) is 23.2 Å². The molecule has 130 valence electrons. The summed E-state index contributed by atoms with van der Waals surface area (Å²) < 4.78 is 7.14. The Morgan fingerprint density at radius 3 is 2.54 bits per heavy atom. The van der Waals surface area contributed by atoms with Gasteiger partial charge in [0.25, 0.3) is 0 Å². The molecule has 2 aromatic carbocycles. The van der Waals surface area contributed by atoms with Gasteiger partial charge in [0.2, 0.25) is 5.95 Å². The number of nitrogens with two attached hydrogens (primary N) is 1. The summed E-state index contributed by atoms with van der Waals surface area (Å²) in [5, 5.41) is 3.17. The first-order valence-electron chi connectivity index (χ1n) is 8.14. The Bertz CT molecular complexity index is 1070. The third kappa shape index (κ3) is 2.90. The van der Waals surface area contributed by atoms with E-state index in [1.165, 1.54) is 0 Å². The maximum absolute atomic E-state index is 6.01. The SMILES string of the molecule is COc1ccc(Nc2nc(N)cc(-n3c(C)nc4ccccc43)n2)cc1. The first-order chi connectivity index (χ1) is 12.6. The van der Waals surface area contributed by atoms with Gasteiger partial charge in [0.15, 0.2) is 0 Å². The maximum Gasteiger partial charge on any atom is 0.231 e. The van der Waals surface area contributed by atoms with E-state index in [0.29, 0.717) is 17.6 Å². The van der Waals surface area contributed by atoms with Gasteiger partial charge in [0.05, 0.1) is 18.1 Å². The van der Waals surface area contributed by atoms with Crippen molar-refractivity contribution >= 4 is 28.5 Å². The number of para-hydroxylation sites is 2. The molecule has 4 rings (SSSR count). The number of imidazole rings is 1. The molecule has 0 aliphatic carbocycles. The van der Waals surface area contributed by atoms with Gasteiger partial charge in [-0.1, -0.05) is 12.1 Å². The summed E-state index contributed by atoms with van der Waals surface area (Å²) in [4.78, 5) is 13.5. The highest BCUT2D eigenvalue weighted by Crippen LogP contribution is 2.23. The maximum atomic E-state index is 6.01. The minimum absolute atomic E-state index is 0.378. The van der Waals surface area contributed by atoms with Crippen LogP contribution in [0.4, 0.5) is 17.5 Å². The molecule has 7 nitrogen and oxygen atoms in total. The number of hydrogen-bond acceptors (Lipinski definition) is 6. The molecule has 0 amide bonds. The van der Waals surface area contributed by atoms with Crippen LogP contribution in [0, 0.1) is 6.92 Å². The number of aryl methyl sites for hydroxylation is 1. The number of ether oxygens (including phenoxy) is 1. The largest absolute Gasteiger partial charge is 0.497 e. The van der Waals surface area contributed by atoms with E-state index in [1.54, 1.807) is 13.2 Å². The number of benzene rings is 2. The average Bonchev–Trinajstić information content (AvgIpc) is 2.97. The number of anilines is 3. The van der Waals surface area contributed by atoms with Gasteiger partial charge in [-0.2, -0.15) is 9.97 Å². The molecule has 0 fully saturated rings. The fraction of sp³-hybridized carbons (Fsp3) is 0.105. The first kappa shape index (κ1) is 15.9. The molecule has 4 aromatic rings. The monoisotopic (exact) mass is 346 g/mol. The fourth-order valence-electron chi connectivity index (χ4n) is 2.86. The van der Waals surface area contributed by atoms with Crippen molar-refractivity contribution in [1.29, 1.82) is 0 Å². The van der Waals surface area contributed by atoms with Gasteiger partial charge in [-0.3, -0.25) is 4.57 Å². The summed E-state index contributed by atoms with van der Waals surface area (Å²) in [7, 11) is 1.63. The zero-order valence-electron chi connectivity index (χ0n) is 14.5. The molecule has 2 aromatic heterocycles. The zero-order valence-corrected chi connectivity index (χ0v) is 14.5. The normalized spacial score (nSPS) is 10.8. The molecule has 7 heteroatoms. The van der Waals surface area contributed by atoms with E-state index in [0.717, 1.165) is 28.3 Å². The molecule has 0 unspecified atom stereocenters. The van der Waals surface area contributed by atoms with Gasteiger partial charge < -0.3 is 15.8 Å². The number of hydrogen-bond donors (Lipinski definition) is 2. The molecule has 26 heavy (non-hydrogen) atoms. The first-order valence-corrected chi connectivity index (χ1v) is 8.14. The van der Waals surface area contributed by atoms with Crippen LogP contribution < -0.4 is 15.8 Å². The number of nitrogens with one attached hydrogen (secondary N) is 1. The lowest BCUT2D eigenvalue weighted by atomic mass is 10.3. The lowest BCUT2D eigenvalue weighted by Gasteiger charge is -2.11. The van der Waals surface area contributed by atoms with Crippen LogP contribution >= 0.6 is 0 Å². The topological polar surface area (TPSA) is 90.9 Å². The van der Waals surface area contributed by atoms with Gasteiger partial charge in [-0.25, -0.2) is 4.98 Å². The molecule has 0 aliphatic rings. The molecule has 0 saturated carbocycles. The Labute approximate surface area is 150 Å². The number of nitrogens with zero attached hydrogens (tertiary/aromatic N) is 4. The third-order valence-corrected chi connectivity index (χ3v) is 4.04. The van der Waals surface area contributed by atoms with Crippen molar-refractivity contribution in [3.63, 3.8) is 0 Å². The summed E-state index contributed by atoms with van der Waals surface area (Å²) in [6, 6.07) is 17.2. The minimum Gasteiger partial charge on any atom is -0.497 e. The molecular weight excluding hydrogens is 328 g/mol. The van der Waals surface area contributed by atoms with Gasteiger partial charge in [0, 0.05) is 11.8 Å². The van der Waals surface area contributed by atoms with Crippen LogP contribution in [0.15, 0.2) is 54.6 Å². The van der Waals surface area contributed by atoms with E-state index in [9.17, 15) is 0 Å². The highest BCUT2D eigenvalue weighted by Gasteiger charge is 2.12. The van der Waals surface area contributed by atoms with Crippen molar-refractivity contribution in [3.05, 3.63) is 60.4 Å². The Balaban J connectivity index is 1.75. The highest BCUT2D eigenvalue weighted by atomic mass is 16.5. The molecular formula is C19H18N6O. The van der Waals surface area contributed by atoms with E-state index in [-0.39, 0.29) is 0 Å². The second-order valence-electron chi connectivity index (χ2n) is 5.81. The standard InChI is InChI=1S/C19H18N6O/c1-12-21-15-5-3-4-6-16(15)25(12)18-11-17(20)23-19(24-18)22-13-7-9-14(26-2)10-8-13/h3-11H,1-2H3,(H3,20,22,23,24). The highest BCUT2D eigenvalue weighted by molar-refractivity contribution is 5.78. The molecule has 2 heterocycles. The van der Waals surface area contributed by atoms with E-state index < -0.39 is 0 Å². The van der Waals surface area contributed by atoms with Crippen molar-refractivity contribution in [2.75, 3.05) is 18.2 Å². The smallest absolute Gasteiger partial charge is 0.231 e. The predicted octanol–water partition coefficient (Wildman–Crippen LogP) is 3.46. The van der Waals surface area contributed by atoms with Crippen molar-refractivity contribution < 1.29 is 4.74 Å². The predicted molar refractivity (Wildman–Crippen MR) is 102 cm³/mol. The number of rotatable bonds is 4. The number of fused-ring (bicyclic) bond motifs is 1. The van der Waals surface area contributed by atoms with Crippen molar-refractivity contribution in [3.8, 4) is 11.6 Å². The Morgan fingerprint density at radius 1 is 1.00 bits per heavy atom.